The Labute approximate surface area is 87.7 Å². The van der Waals surface area contributed by atoms with Crippen LogP contribution in [-0.4, -0.2) is 4.98 Å². The number of rotatable bonds is 0. The van der Waals surface area contributed by atoms with Crippen LogP contribution in [0.25, 0.3) is 10.9 Å². The van der Waals surface area contributed by atoms with Crippen LogP contribution in [0.2, 0.25) is 5.02 Å². The molecule has 4 heteroatoms. The van der Waals surface area contributed by atoms with Crippen LogP contribution in [0, 0.1) is 0 Å². The van der Waals surface area contributed by atoms with E-state index >= 15 is 0 Å². The highest BCUT2D eigenvalue weighted by atomic mass is 79.9. The Bertz CT molecular complexity index is 520. The molecule has 0 aliphatic heterocycles. The fraction of sp³-hybridized carbons (Fsp3) is 0. The topological polar surface area (TPSA) is 32.9 Å². The van der Waals surface area contributed by atoms with Crippen molar-refractivity contribution in [2.24, 2.45) is 0 Å². The average molecular weight is 259 g/mol. The molecule has 66 valence electrons. The molecule has 0 aliphatic rings. The van der Waals surface area contributed by atoms with Crippen molar-refractivity contribution in [3.05, 3.63) is 44.1 Å². The van der Waals surface area contributed by atoms with Gasteiger partial charge in [0.25, 0.3) is 0 Å². The molecule has 0 unspecified atom stereocenters. The summed E-state index contributed by atoms with van der Waals surface area (Å²) >= 11 is 9.27. The molecule has 0 spiro atoms. The van der Waals surface area contributed by atoms with Crippen molar-refractivity contribution in [2.75, 3.05) is 0 Å². The summed E-state index contributed by atoms with van der Waals surface area (Å²) < 4.78 is 0.781. The van der Waals surface area contributed by atoms with Crippen LogP contribution >= 0.6 is 27.5 Å². The molecule has 0 aliphatic carbocycles. The first kappa shape index (κ1) is 8.78. The van der Waals surface area contributed by atoms with Gasteiger partial charge >= 0.3 is 0 Å². The lowest BCUT2D eigenvalue weighted by atomic mass is 10.2. The third-order valence-electron chi connectivity index (χ3n) is 1.82. The molecule has 2 rings (SSSR count). The summed E-state index contributed by atoms with van der Waals surface area (Å²) in [6.07, 6.45) is 1.59. The lowest BCUT2D eigenvalue weighted by Gasteiger charge is -2.00. The minimum absolute atomic E-state index is 0.0249. The number of halogens is 2. The number of hydrogen-bond acceptors (Lipinski definition) is 1. The van der Waals surface area contributed by atoms with E-state index in [1.165, 1.54) is 6.07 Å². The molecule has 0 saturated heterocycles. The number of fused-ring (bicyclic) bond motifs is 1. The van der Waals surface area contributed by atoms with Crippen molar-refractivity contribution in [2.45, 2.75) is 0 Å². The molecule has 1 aromatic heterocycles. The monoisotopic (exact) mass is 257 g/mol. The maximum Gasteiger partial charge on any atom is 0.189 e. The highest BCUT2D eigenvalue weighted by Crippen LogP contribution is 2.27. The molecule has 1 N–H and O–H groups in total. The van der Waals surface area contributed by atoms with E-state index in [4.69, 9.17) is 11.6 Å². The molecule has 1 heterocycles. The maximum atomic E-state index is 11.3. The average Bonchev–Trinajstić information content (AvgIpc) is 2.12. The van der Waals surface area contributed by atoms with Gasteiger partial charge in [0.05, 0.1) is 10.5 Å². The van der Waals surface area contributed by atoms with Gasteiger partial charge in [-0.15, -0.1) is 0 Å². The highest BCUT2D eigenvalue weighted by Gasteiger charge is 2.04. The molecular formula is C9H5BrClNO. The molecule has 0 amide bonds. The van der Waals surface area contributed by atoms with Gasteiger partial charge in [-0.25, -0.2) is 0 Å². The Morgan fingerprint density at radius 3 is 2.85 bits per heavy atom. The van der Waals surface area contributed by atoms with E-state index in [0.717, 1.165) is 4.47 Å². The summed E-state index contributed by atoms with van der Waals surface area (Å²) in [5, 5.41) is 1.14. The first-order valence-electron chi connectivity index (χ1n) is 3.65. The zero-order valence-corrected chi connectivity index (χ0v) is 8.82. The van der Waals surface area contributed by atoms with Crippen molar-refractivity contribution < 1.29 is 0 Å². The number of aromatic nitrogens is 1. The molecule has 2 nitrogen and oxygen atoms in total. The van der Waals surface area contributed by atoms with Gasteiger partial charge in [0.15, 0.2) is 5.43 Å². The van der Waals surface area contributed by atoms with Crippen LogP contribution in [-0.2, 0) is 0 Å². The van der Waals surface area contributed by atoms with E-state index in [0.29, 0.717) is 15.9 Å². The fourth-order valence-electron chi connectivity index (χ4n) is 1.19. The first-order chi connectivity index (χ1) is 6.20. The Balaban J connectivity index is 3.03. The quantitative estimate of drug-likeness (QED) is 0.774. The van der Waals surface area contributed by atoms with Crippen molar-refractivity contribution in [1.82, 2.24) is 4.98 Å². The van der Waals surface area contributed by atoms with Crippen molar-refractivity contribution in [3.8, 4) is 0 Å². The number of aromatic amines is 1. The van der Waals surface area contributed by atoms with Gasteiger partial charge in [-0.1, -0.05) is 11.6 Å². The van der Waals surface area contributed by atoms with Crippen LogP contribution in [0.1, 0.15) is 0 Å². The van der Waals surface area contributed by atoms with E-state index in [1.807, 2.05) is 0 Å². The van der Waals surface area contributed by atoms with Crippen LogP contribution in [0.15, 0.2) is 33.7 Å². The van der Waals surface area contributed by atoms with Crippen LogP contribution < -0.4 is 5.43 Å². The molecular weight excluding hydrogens is 253 g/mol. The molecule has 0 fully saturated rings. The second-order valence-electron chi connectivity index (χ2n) is 2.63. The van der Waals surface area contributed by atoms with E-state index in [-0.39, 0.29) is 5.43 Å². The Morgan fingerprint density at radius 2 is 2.08 bits per heavy atom. The Hall–Kier alpha value is -0.800. The summed E-state index contributed by atoms with van der Waals surface area (Å²) in [7, 11) is 0. The number of hydrogen-bond donors (Lipinski definition) is 1. The number of benzene rings is 1. The summed E-state index contributed by atoms with van der Waals surface area (Å²) in [6.45, 7) is 0. The summed E-state index contributed by atoms with van der Waals surface area (Å²) in [4.78, 5) is 14.3. The van der Waals surface area contributed by atoms with Gasteiger partial charge in [-0.2, -0.15) is 0 Å². The normalized spacial score (nSPS) is 10.6. The first-order valence-corrected chi connectivity index (χ1v) is 4.82. The van der Waals surface area contributed by atoms with Gasteiger partial charge in [0, 0.05) is 22.1 Å². The highest BCUT2D eigenvalue weighted by molar-refractivity contribution is 9.10. The molecule has 13 heavy (non-hydrogen) atoms. The summed E-state index contributed by atoms with van der Waals surface area (Å²) in [6, 6.07) is 4.98. The standard InChI is InChI=1S/C9H5BrClNO/c10-6-2-1-5-7(13)3-4-12-9(5)8(6)11/h1-4H,(H,12,13). The van der Waals surface area contributed by atoms with Crippen molar-refractivity contribution >= 4 is 38.4 Å². The van der Waals surface area contributed by atoms with Crippen LogP contribution in [0.4, 0.5) is 0 Å². The molecule has 0 radical (unpaired) electrons. The van der Waals surface area contributed by atoms with Gasteiger partial charge in [-0.05, 0) is 28.1 Å². The van der Waals surface area contributed by atoms with Gasteiger partial charge in [0.2, 0.25) is 0 Å². The van der Waals surface area contributed by atoms with E-state index < -0.39 is 0 Å². The van der Waals surface area contributed by atoms with Crippen LogP contribution in [0.3, 0.4) is 0 Å². The number of pyridine rings is 1. The maximum absolute atomic E-state index is 11.3. The smallest absolute Gasteiger partial charge is 0.189 e. The SMILES string of the molecule is O=c1cc[nH]c2c(Cl)c(Br)ccc12. The number of H-pyrrole nitrogens is 1. The minimum atomic E-state index is -0.0249. The summed E-state index contributed by atoms with van der Waals surface area (Å²) in [5.74, 6) is 0. The number of nitrogens with one attached hydrogen (secondary N) is 1. The lowest BCUT2D eigenvalue weighted by molar-refractivity contribution is 1.39. The van der Waals surface area contributed by atoms with Crippen LogP contribution in [0.5, 0.6) is 0 Å². The predicted molar refractivity (Wildman–Crippen MR) is 57.3 cm³/mol. The lowest BCUT2D eigenvalue weighted by Crippen LogP contribution is -1.99. The molecule has 0 bridgehead atoms. The zero-order valence-electron chi connectivity index (χ0n) is 6.47. The van der Waals surface area contributed by atoms with E-state index in [1.54, 1.807) is 18.3 Å². The largest absolute Gasteiger partial charge is 0.360 e. The fourth-order valence-corrected chi connectivity index (χ4v) is 1.74. The third-order valence-corrected chi connectivity index (χ3v) is 3.10. The predicted octanol–water partition coefficient (Wildman–Crippen LogP) is 2.94. The molecule has 0 saturated carbocycles. The van der Waals surface area contributed by atoms with Crippen molar-refractivity contribution in [1.29, 1.82) is 0 Å². The molecule has 1 aromatic carbocycles. The van der Waals surface area contributed by atoms with Gasteiger partial charge in [0.1, 0.15) is 0 Å². The third kappa shape index (κ3) is 1.38. The van der Waals surface area contributed by atoms with Crippen molar-refractivity contribution in [3.63, 3.8) is 0 Å². The van der Waals surface area contributed by atoms with Gasteiger partial charge < -0.3 is 4.98 Å². The minimum Gasteiger partial charge on any atom is -0.360 e. The zero-order chi connectivity index (χ0) is 9.42. The second kappa shape index (κ2) is 3.16. The van der Waals surface area contributed by atoms with Gasteiger partial charge in [-0.3, -0.25) is 4.79 Å². The van der Waals surface area contributed by atoms with E-state index in [9.17, 15) is 4.79 Å². The second-order valence-corrected chi connectivity index (χ2v) is 3.86. The molecule has 2 aromatic rings. The summed E-state index contributed by atoms with van der Waals surface area (Å²) in [5.41, 5.74) is 0.645. The Kier molecular flexibility index (Phi) is 2.14. The Morgan fingerprint density at radius 1 is 1.31 bits per heavy atom. The molecule has 0 atom stereocenters. The van der Waals surface area contributed by atoms with E-state index in [2.05, 4.69) is 20.9 Å².